The van der Waals surface area contributed by atoms with Gasteiger partial charge in [0.15, 0.2) is 0 Å². The number of unbranched alkanes of at least 4 members (excludes halogenated alkanes) is 12. The molecule has 0 aliphatic carbocycles. The summed E-state index contributed by atoms with van der Waals surface area (Å²) in [5, 5.41) is 43.4. The first kappa shape index (κ1) is 45.9. The van der Waals surface area contributed by atoms with Gasteiger partial charge in [-0.1, -0.05) is 104 Å². The topological polar surface area (TPSA) is 149 Å². The van der Waals surface area contributed by atoms with E-state index in [4.69, 9.17) is 12.6 Å². The van der Waals surface area contributed by atoms with Crippen LogP contribution in [0.15, 0.2) is 0 Å². The molecule has 4 N–H and O–H groups in total. The van der Waals surface area contributed by atoms with Crippen LogP contribution in [0.5, 0.6) is 0 Å². The van der Waals surface area contributed by atoms with Crippen molar-refractivity contribution in [2.24, 2.45) is 22.2 Å². The summed E-state index contributed by atoms with van der Waals surface area (Å²) in [4.78, 5) is 53.2. The quantitative estimate of drug-likeness (QED) is 0.0262. The van der Waals surface area contributed by atoms with Gasteiger partial charge in [0.2, 0.25) is 0 Å². The van der Waals surface area contributed by atoms with Gasteiger partial charge in [-0.25, -0.2) is 0 Å². The lowest BCUT2D eigenvalue weighted by molar-refractivity contribution is -0.202. The fourth-order valence-corrected chi connectivity index (χ4v) is 9.29. The van der Waals surface area contributed by atoms with Crippen molar-refractivity contribution < 1.29 is 39.6 Å². The van der Waals surface area contributed by atoms with Crippen LogP contribution < -0.4 is 0 Å². The molecule has 0 rings (SSSR count). The van der Waals surface area contributed by atoms with E-state index in [-0.39, 0.29) is 50.7 Å². The van der Waals surface area contributed by atoms with E-state index in [0.29, 0.717) is 37.2 Å². The molecule has 0 saturated heterocycles. The van der Waals surface area contributed by atoms with Crippen molar-refractivity contribution >= 4 is 61.8 Å². The van der Waals surface area contributed by atoms with Crippen LogP contribution in [0, 0.1) is 22.2 Å². The summed E-state index contributed by atoms with van der Waals surface area (Å²) >= 11 is 13.5. The highest BCUT2D eigenvalue weighted by Crippen LogP contribution is 2.66. The average Bonchev–Trinajstić information content (AvgIpc) is 3.02. The van der Waals surface area contributed by atoms with Gasteiger partial charge in [0.05, 0.1) is 16.7 Å². The van der Waals surface area contributed by atoms with Crippen LogP contribution in [-0.2, 0) is 19.2 Å². The van der Waals surface area contributed by atoms with Crippen LogP contribution in [0.1, 0.15) is 162 Å². The minimum atomic E-state index is -1.78. The molecule has 8 nitrogen and oxygen atoms in total. The number of rotatable bonds is 33. The van der Waals surface area contributed by atoms with Gasteiger partial charge in [-0.2, -0.15) is 37.9 Å². The van der Waals surface area contributed by atoms with E-state index in [1.165, 1.54) is 0 Å². The van der Waals surface area contributed by atoms with E-state index >= 15 is 0 Å². The number of carbonyl (C=O) groups is 4. The van der Waals surface area contributed by atoms with E-state index < -0.39 is 46.0 Å². The van der Waals surface area contributed by atoms with Crippen molar-refractivity contribution in [3.63, 3.8) is 0 Å². The monoisotopic (exact) mass is 722 g/mol. The van der Waals surface area contributed by atoms with Crippen molar-refractivity contribution in [3.05, 3.63) is 0 Å². The maximum absolute atomic E-state index is 14.0. The number of hydrogen-bond acceptors (Lipinski definition) is 7. The molecular formula is C36H66O8S3. The smallest absolute Gasteiger partial charge is 0.310 e. The Kier molecular flexibility index (Phi) is 25.2. The molecule has 3 atom stereocenters. The SMILES string of the molecule is CCCCCCC(CCCCCCS)(C(=O)O)C(CS)(C(CCCC(=O)O)C(=O)O)C(CCCCCC)(CCCCCCS)C(=O)O. The second-order valence-corrected chi connectivity index (χ2v) is 14.7. The van der Waals surface area contributed by atoms with Crippen LogP contribution in [0.25, 0.3) is 0 Å². The highest BCUT2D eigenvalue weighted by molar-refractivity contribution is 7.80. The summed E-state index contributed by atoms with van der Waals surface area (Å²) < 4.78 is 0. The largest absolute Gasteiger partial charge is 0.481 e. The number of carboxylic acid groups (broad SMARTS) is 4. The Morgan fingerprint density at radius 2 is 0.894 bits per heavy atom. The molecule has 0 heterocycles. The molecule has 0 aromatic heterocycles. The molecule has 0 spiro atoms. The maximum atomic E-state index is 14.0. The highest BCUT2D eigenvalue weighted by atomic mass is 32.1. The fourth-order valence-electron chi connectivity index (χ4n) is 8.02. The maximum Gasteiger partial charge on any atom is 0.310 e. The lowest BCUT2D eigenvalue weighted by Gasteiger charge is -2.60. The van der Waals surface area contributed by atoms with E-state index in [9.17, 15) is 39.6 Å². The highest BCUT2D eigenvalue weighted by Gasteiger charge is 2.71. The predicted octanol–water partition coefficient (Wildman–Crippen LogP) is 9.70. The zero-order valence-electron chi connectivity index (χ0n) is 29.2. The summed E-state index contributed by atoms with van der Waals surface area (Å²) in [5.74, 6) is -4.88. The summed E-state index contributed by atoms with van der Waals surface area (Å²) in [5.41, 5.74) is -5.16. The Balaban J connectivity index is 7.88. The second kappa shape index (κ2) is 25.8. The summed E-state index contributed by atoms with van der Waals surface area (Å²) in [6.45, 7) is 4.12. The molecule has 0 aromatic carbocycles. The molecule has 0 saturated carbocycles. The van der Waals surface area contributed by atoms with Gasteiger partial charge in [0, 0.05) is 11.8 Å². The number of thiol groups is 3. The lowest BCUT2D eigenvalue weighted by Crippen LogP contribution is -2.66. The fraction of sp³-hybridized carbons (Fsp3) is 0.889. The molecule has 0 radical (unpaired) electrons. The van der Waals surface area contributed by atoms with E-state index in [1.807, 2.05) is 0 Å². The lowest BCUT2D eigenvalue weighted by atomic mass is 9.42. The standard InChI is InChI=1S/C36H66O8S3/c1-3-5-7-13-22-34(32(41)42,24-15-9-11-17-26-45)36(28-47,29(31(39)40)20-19-21-30(37)38)35(33(43)44,23-14-8-6-4-2)25-16-10-12-18-27-46/h29,45-47H,3-28H2,1-2H3,(H,37,38)(H,39,40)(H,41,42)(H,43,44). The molecule has 11 heteroatoms. The Bertz CT molecular complexity index is 853. The minimum Gasteiger partial charge on any atom is -0.481 e. The van der Waals surface area contributed by atoms with E-state index in [0.717, 1.165) is 77.0 Å². The van der Waals surface area contributed by atoms with Gasteiger partial charge in [-0.05, 0) is 68.6 Å². The molecule has 0 aliphatic rings. The zero-order chi connectivity index (χ0) is 35.8. The number of carboxylic acids is 4. The third kappa shape index (κ3) is 13.6. The molecule has 3 unspecified atom stereocenters. The Labute approximate surface area is 301 Å². The second-order valence-electron chi connectivity index (χ2n) is 13.5. The third-order valence-corrected chi connectivity index (χ3v) is 11.6. The first-order valence-corrected chi connectivity index (χ1v) is 20.1. The number of hydrogen-bond donors (Lipinski definition) is 7. The van der Waals surface area contributed by atoms with Crippen LogP contribution in [-0.4, -0.2) is 61.6 Å². The van der Waals surface area contributed by atoms with Gasteiger partial charge in [0.25, 0.3) is 0 Å². The Morgan fingerprint density at radius 3 is 1.17 bits per heavy atom. The molecule has 47 heavy (non-hydrogen) atoms. The molecule has 0 amide bonds. The molecule has 0 bridgehead atoms. The van der Waals surface area contributed by atoms with Gasteiger partial charge < -0.3 is 20.4 Å². The van der Waals surface area contributed by atoms with Crippen LogP contribution in [0.3, 0.4) is 0 Å². The van der Waals surface area contributed by atoms with Crippen molar-refractivity contribution in [1.29, 1.82) is 0 Å². The molecule has 0 aromatic rings. The Hall–Kier alpha value is -1.07. The van der Waals surface area contributed by atoms with Gasteiger partial charge >= 0.3 is 23.9 Å². The van der Waals surface area contributed by atoms with Crippen LogP contribution >= 0.6 is 37.9 Å². The molecule has 276 valence electrons. The molecule has 0 fully saturated rings. The normalized spacial score (nSPS) is 16.1. The zero-order valence-corrected chi connectivity index (χ0v) is 31.9. The molecule has 0 aliphatic heterocycles. The van der Waals surface area contributed by atoms with Crippen LogP contribution in [0.4, 0.5) is 0 Å². The van der Waals surface area contributed by atoms with Gasteiger partial charge in [-0.3, -0.25) is 19.2 Å². The van der Waals surface area contributed by atoms with Crippen molar-refractivity contribution in [2.75, 3.05) is 17.3 Å². The first-order valence-electron chi connectivity index (χ1n) is 18.2. The summed E-state index contributed by atoms with van der Waals surface area (Å²) in [6, 6.07) is 0. The van der Waals surface area contributed by atoms with Crippen molar-refractivity contribution in [2.45, 2.75) is 162 Å². The van der Waals surface area contributed by atoms with Crippen LogP contribution in [0.2, 0.25) is 0 Å². The summed E-state index contributed by atoms with van der Waals surface area (Å²) in [6.07, 6.45) is 12.3. The van der Waals surface area contributed by atoms with Crippen molar-refractivity contribution in [1.82, 2.24) is 0 Å². The van der Waals surface area contributed by atoms with E-state index in [1.54, 1.807) is 0 Å². The minimum absolute atomic E-state index is 0.00276. The third-order valence-electron chi connectivity index (χ3n) is 10.5. The average molecular weight is 723 g/mol. The van der Waals surface area contributed by atoms with Gasteiger partial charge in [-0.15, -0.1) is 0 Å². The Morgan fingerprint density at radius 1 is 0.532 bits per heavy atom. The summed E-state index contributed by atoms with van der Waals surface area (Å²) in [7, 11) is 0. The first-order chi connectivity index (χ1) is 22.4. The van der Waals surface area contributed by atoms with Crippen molar-refractivity contribution in [3.8, 4) is 0 Å². The predicted molar refractivity (Wildman–Crippen MR) is 200 cm³/mol. The molecular weight excluding hydrogens is 657 g/mol. The number of aliphatic carboxylic acids is 4. The van der Waals surface area contributed by atoms with Gasteiger partial charge in [0.1, 0.15) is 0 Å². The van der Waals surface area contributed by atoms with E-state index in [2.05, 4.69) is 39.1 Å².